The van der Waals surface area contributed by atoms with Crippen LogP contribution in [0.25, 0.3) is 16.7 Å². The van der Waals surface area contributed by atoms with Gasteiger partial charge in [-0.1, -0.05) is 11.6 Å². The van der Waals surface area contributed by atoms with Gasteiger partial charge < -0.3 is 8.98 Å². The number of furan rings is 1. The number of hydrogen-bond acceptors (Lipinski definition) is 3. The molecule has 0 unspecified atom stereocenters. The van der Waals surface area contributed by atoms with Gasteiger partial charge in [0.05, 0.1) is 0 Å². The van der Waals surface area contributed by atoms with Crippen LogP contribution in [-0.4, -0.2) is 10.5 Å². The van der Waals surface area contributed by atoms with Crippen LogP contribution < -0.4 is 11.3 Å². The fourth-order valence-corrected chi connectivity index (χ4v) is 2.19. The number of nitrogens with zero attached hydrogens (tertiary/aromatic N) is 1. The van der Waals surface area contributed by atoms with E-state index in [1.807, 2.05) is 24.5 Å². The number of aromatic nitrogens is 1. The number of hydrazine groups is 1. The molecule has 0 spiro atoms. The Kier molecular flexibility index (Phi) is 2.77. The summed E-state index contributed by atoms with van der Waals surface area (Å²) >= 11 is 6.00. The third-order valence-corrected chi connectivity index (χ3v) is 3.06. The lowest BCUT2D eigenvalue weighted by Gasteiger charge is -2.03. The van der Waals surface area contributed by atoms with Crippen LogP contribution in [0.1, 0.15) is 10.6 Å². The van der Waals surface area contributed by atoms with Gasteiger partial charge in [-0.25, -0.2) is 5.84 Å². The van der Waals surface area contributed by atoms with Crippen molar-refractivity contribution in [2.24, 2.45) is 5.84 Å². The first kappa shape index (κ1) is 11.8. The highest BCUT2D eigenvalue weighted by Gasteiger charge is 2.21. The first-order valence-electron chi connectivity index (χ1n) is 5.57. The zero-order chi connectivity index (χ0) is 13.4. The molecule has 0 aliphatic heterocycles. The van der Waals surface area contributed by atoms with Gasteiger partial charge in [0.25, 0.3) is 0 Å². The van der Waals surface area contributed by atoms with Crippen LogP contribution in [-0.2, 0) is 0 Å². The van der Waals surface area contributed by atoms with Crippen LogP contribution in [0.5, 0.6) is 0 Å². The minimum Gasteiger partial charge on any atom is -0.449 e. The third kappa shape index (κ3) is 1.89. The van der Waals surface area contributed by atoms with E-state index in [9.17, 15) is 4.79 Å². The molecule has 3 aromatic rings. The lowest BCUT2D eigenvalue weighted by atomic mass is 10.2. The summed E-state index contributed by atoms with van der Waals surface area (Å²) in [7, 11) is 0. The minimum atomic E-state index is -0.490. The van der Waals surface area contributed by atoms with E-state index in [2.05, 4.69) is 5.43 Å². The summed E-state index contributed by atoms with van der Waals surface area (Å²) in [6.45, 7) is 0. The predicted molar refractivity (Wildman–Crippen MR) is 72.2 cm³/mol. The molecule has 0 aliphatic carbocycles. The third-order valence-electron chi connectivity index (χ3n) is 2.82. The summed E-state index contributed by atoms with van der Waals surface area (Å²) in [5, 5.41) is 1.32. The second-order valence-corrected chi connectivity index (χ2v) is 4.42. The van der Waals surface area contributed by atoms with Gasteiger partial charge in [0, 0.05) is 22.8 Å². The fourth-order valence-electron chi connectivity index (χ4n) is 2.02. The van der Waals surface area contributed by atoms with E-state index in [-0.39, 0.29) is 5.76 Å². The van der Waals surface area contributed by atoms with Crippen molar-refractivity contribution in [2.45, 2.75) is 0 Å². The second kappa shape index (κ2) is 4.46. The number of fused-ring (bicyclic) bond motifs is 1. The van der Waals surface area contributed by atoms with Gasteiger partial charge in [0.15, 0.2) is 0 Å². The molecule has 0 saturated heterocycles. The number of hydrogen-bond donors (Lipinski definition) is 2. The number of halogens is 1. The van der Waals surface area contributed by atoms with Crippen LogP contribution in [0.15, 0.2) is 47.1 Å². The van der Waals surface area contributed by atoms with Crippen LogP contribution >= 0.6 is 11.6 Å². The normalized spacial score (nSPS) is 10.8. The maximum atomic E-state index is 11.8. The molecule has 0 radical (unpaired) electrons. The molecule has 0 bridgehead atoms. The number of nitrogen functional groups attached to an aromatic ring is 1. The highest BCUT2D eigenvalue weighted by molar-refractivity contribution is 6.31. The Labute approximate surface area is 113 Å². The number of nitrogens with one attached hydrogen (secondary N) is 1. The van der Waals surface area contributed by atoms with Gasteiger partial charge in [-0.15, -0.1) is 0 Å². The Morgan fingerprint density at radius 1 is 1.32 bits per heavy atom. The highest BCUT2D eigenvalue weighted by atomic mass is 35.5. The standard InChI is InChI=1S/C13H10ClN3O2/c14-8-3-4-10-9(7-8)11(17-5-1-2-6-17)12(19-10)13(18)16-15/h1-7H,15H2,(H,16,18). The Morgan fingerprint density at radius 2 is 2.05 bits per heavy atom. The molecule has 3 rings (SSSR count). The van der Waals surface area contributed by atoms with Crippen molar-refractivity contribution < 1.29 is 9.21 Å². The number of amides is 1. The molecule has 1 aromatic carbocycles. The second-order valence-electron chi connectivity index (χ2n) is 3.98. The van der Waals surface area contributed by atoms with Gasteiger partial charge >= 0.3 is 5.91 Å². The van der Waals surface area contributed by atoms with E-state index in [1.54, 1.807) is 22.8 Å². The molecule has 0 fully saturated rings. The Hall–Kier alpha value is -2.24. The fraction of sp³-hybridized carbons (Fsp3) is 0. The van der Waals surface area contributed by atoms with Crippen molar-refractivity contribution in [2.75, 3.05) is 0 Å². The van der Waals surface area contributed by atoms with Gasteiger partial charge in [-0.3, -0.25) is 10.2 Å². The summed E-state index contributed by atoms with van der Waals surface area (Å²) in [5.41, 5.74) is 3.27. The number of carbonyl (C=O) groups is 1. The molecular formula is C13H10ClN3O2. The summed E-state index contributed by atoms with van der Waals surface area (Å²) in [5.74, 6) is 4.84. The Bertz CT molecular complexity index is 747. The van der Waals surface area contributed by atoms with Crippen molar-refractivity contribution >= 4 is 28.5 Å². The Balaban J connectivity index is 2.36. The quantitative estimate of drug-likeness (QED) is 0.429. The molecule has 2 heterocycles. The van der Waals surface area contributed by atoms with Crippen LogP contribution in [0.3, 0.4) is 0 Å². The summed E-state index contributed by atoms with van der Waals surface area (Å²) in [6, 6.07) is 8.89. The smallest absolute Gasteiger partial charge is 0.303 e. The summed E-state index contributed by atoms with van der Waals surface area (Å²) < 4.78 is 7.34. The topological polar surface area (TPSA) is 73.2 Å². The molecule has 1 amide bonds. The lowest BCUT2D eigenvalue weighted by molar-refractivity contribution is 0.0928. The van der Waals surface area contributed by atoms with Gasteiger partial charge in [0.2, 0.25) is 5.76 Å². The highest BCUT2D eigenvalue weighted by Crippen LogP contribution is 2.31. The van der Waals surface area contributed by atoms with E-state index in [0.717, 1.165) is 5.39 Å². The zero-order valence-corrected chi connectivity index (χ0v) is 10.5. The molecule has 5 nitrogen and oxygen atoms in total. The first-order valence-corrected chi connectivity index (χ1v) is 5.95. The van der Waals surface area contributed by atoms with Crippen LogP contribution in [0.2, 0.25) is 5.02 Å². The number of carbonyl (C=O) groups excluding carboxylic acids is 1. The molecule has 0 saturated carbocycles. The molecular weight excluding hydrogens is 266 g/mol. The molecule has 3 N–H and O–H groups in total. The van der Waals surface area contributed by atoms with E-state index in [1.165, 1.54) is 0 Å². The van der Waals surface area contributed by atoms with E-state index in [0.29, 0.717) is 16.3 Å². The van der Waals surface area contributed by atoms with Crippen molar-refractivity contribution in [1.82, 2.24) is 9.99 Å². The molecule has 96 valence electrons. The first-order chi connectivity index (χ1) is 9.20. The lowest BCUT2D eigenvalue weighted by Crippen LogP contribution is -2.30. The summed E-state index contributed by atoms with van der Waals surface area (Å²) in [6.07, 6.45) is 3.64. The monoisotopic (exact) mass is 275 g/mol. The Morgan fingerprint density at radius 3 is 2.74 bits per heavy atom. The number of benzene rings is 1. The maximum absolute atomic E-state index is 11.8. The number of nitrogens with two attached hydrogens (primary N) is 1. The average molecular weight is 276 g/mol. The SMILES string of the molecule is NNC(=O)c1oc2ccc(Cl)cc2c1-n1cccc1. The summed E-state index contributed by atoms with van der Waals surface area (Å²) in [4.78, 5) is 11.8. The van der Waals surface area contributed by atoms with E-state index >= 15 is 0 Å². The predicted octanol–water partition coefficient (Wildman–Crippen LogP) is 2.48. The largest absolute Gasteiger partial charge is 0.449 e. The van der Waals surface area contributed by atoms with Gasteiger partial charge in [-0.2, -0.15) is 0 Å². The molecule has 19 heavy (non-hydrogen) atoms. The average Bonchev–Trinajstić information content (AvgIpc) is 3.03. The molecule has 6 heteroatoms. The minimum absolute atomic E-state index is 0.149. The molecule has 0 atom stereocenters. The maximum Gasteiger partial charge on any atom is 0.303 e. The van der Waals surface area contributed by atoms with Gasteiger partial charge in [-0.05, 0) is 30.3 Å². The van der Waals surface area contributed by atoms with Crippen LogP contribution in [0.4, 0.5) is 0 Å². The van der Waals surface area contributed by atoms with Crippen molar-refractivity contribution in [3.8, 4) is 5.69 Å². The van der Waals surface area contributed by atoms with Crippen molar-refractivity contribution in [1.29, 1.82) is 0 Å². The van der Waals surface area contributed by atoms with E-state index < -0.39 is 5.91 Å². The molecule has 0 aliphatic rings. The van der Waals surface area contributed by atoms with Gasteiger partial charge in [0.1, 0.15) is 11.3 Å². The molecule has 2 aromatic heterocycles. The zero-order valence-electron chi connectivity index (χ0n) is 9.76. The number of rotatable bonds is 2. The van der Waals surface area contributed by atoms with Crippen molar-refractivity contribution in [3.05, 3.63) is 53.5 Å². The van der Waals surface area contributed by atoms with E-state index in [4.69, 9.17) is 21.9 Å². The van der Waals surface area contributed by atoms with Crippen LogP contribution in [0, 0.1) is 0 Å². The van der Waals surface area contributed by atoms with Crippen molar-refractivity contribution in [3.63, 3.8) is 0 Å².